The Morgan fingerprint density at radius 3 is 2.54 bits per heavy atom. The van der Waals surface area contributed by atoms with Crippen LogP contribution in [0.2, 0.25) is 0 Å². The Morgan fingerprint density at radius 2 is 1.92 bits per heavy atom. The third kappa shape index (κ3) is 7.00. The SMILES string of the molecule is CCC=CC(C)(OC1CCC[C@@H]1NC(=O)c1cc(/C(C)=C/CCC)cnc1N)[C@](C)(/C=C\CC)N1CCC1O. The Morgan fingerprint density at radius 1 is 1.21 bits per heavy atom. The van der Waals surface area contributed by atoms with Crippen molar-refractivity contribution in [3.05, 3.63) is 53.8 Å². The smallest absolute Gasteiger partial charge is 0.255 e. The van der Waals surface area contributed by atoms with Gasteiger partial charge in [-0.05, 0) is 82.9 Å². The number of allylic oxidation sites excluding steroid dienone is 4. The van der Waals surface area contributed by atoms with Crippen LogP contribution in [0.15, 0.2) is 42.6 Å². The largest absolute Gasteiger partial charge is 0.383 e. The van der Waals surface area contributed by atoms with E-state index in [0.29, 0.717) is 5.56 Å². The number of carbonyl (C=O) groups excluding carboxylic acids is 1. The number of amides is 1. The highest BCUT2D eigenvalue weighted by atomic mass is 16.5. The second kappa shape index (κ2) is 13.7. The van der Waals surface area contributed by atoms with Gasteiger partial charge >= 0.3 is 0 Å². The van der Waals surface area contributed by atoms with E-state index in [0.717, 1.165) is 69.0 Å². The number of pyridine rings is 1. The summed E-state index contributed by atoms with van der Waals surface area (Å²) in [5.74, 6) is 0.0121. The zero-order valence-corrected chi connectivity index (χ0v) is 24.9. The van der Waals surface area contributed by atoms with E-state index in [9.17, 15) is 9.90 Å². The van der Waals surface area contributed by atoms with Crippen LogP contribution in [0.25, 0.3) is 5.57 Å². The summed E-state index contributed by atoms with van der Waals surface area (Å²) in [5.41, 5.74) is 7.30. The number of hydrogen-bond donors (Lipinski definition) is 3. The summed E-state index contributed by atoms with van der Waals surface area (Å²) in [7, 11) is 0. The van der Waals surface area contributed by atoms with Crippen LogP contribution in [-0.2, 0) is 4.74 Å². The Balaban J connectivity index is 1.86. The molecule has 4 N–H and O–H groups in total. The maximum absolute atomic E-state index is 13.5. The van der Waals surface area contributed by atoms with Crippen LogP contribution in [-0.4, -0.2) is 57.0 Å². The highest BCUT2D eigenvalue weighted by molar-refractivity contribution is 5.99. The zero-order valence-electron chi connectivity index (χ0n) is 24.9. The fraction of sp³-hybridized carbons (Fsp3) is 0.625. The van der Waals surface area contributed by atoms with Crippen molar-refractivity contribution in [1.82, 2.24) is 15.2 Å². The van der Waals surface area contributed by atoms with Gasteiger partial charge in [0.2, 0.25) is 0 Å². The van der Waals surface area contributed by atoms with E-state index in [1.54, 1.807) is 6.20 Å². The lowest BCUT2D eigenvalue weighted by Crippen LogP contribution is -2.68. The van der Waals surface area contributed by atoms with Gasteiger partial charge in [-0.3, -0.25) is 9.69 Å². The number of nitrogen functional groups attached to an aromatic ring is 1. The molecule has 2 aliphatic rings. The number of nitrogens with zero attached hydrogens (tertiary/aromatic N) is 2. The molecule has 0 aromatic carbocycles. The van der Waals surface area contributed by atoms with E-state index in [1.807, 2.05) is 13.0 Å². The molecule has 39 heavy (non-hydrogen) atoms. The van der Waals surface area contributed by atoms with Crippen LogP contribution < -0.4 is 11.1 Å². The summed E-state index contributed by atoms with van der Waals surface area (Å²) in [4.78, 5) is 19.9. The molecule has 216 valence electrons. The van der Waals surface area contributed by atoms with Gasteiger partial charge in [-0.25, -0.2) is 4.98 Å². The fourth-order valence-corrected chi connectivity index (χ4v) is 5.62. The minimum atomic E-state index is -0.713. The summed E-state index contributed by atoms with van der Waals surface area (Å²) in [6.07, 6.45) is 19.1. The van der Waals surface area contributed by atoms with Crippen molar-refractivity contribution in [2.75, 3.05) is 12.3 Å². The third-order valence-electron chi connectivity index (χ3n) is 8.46. The number of hydrogen-bond acceptors (Lipinski definition) is 6. The van der Waals surface area contributed by atoms with Crippen molar-refractivity contribution < 1.29 is 14.6 Å². The Hall–Kier alpha value is -2.48. The second-order valence-corrected chi connectivity index (χ2v) is 11.3. The molecule has 1 amide bonds. The van der Waals surface area contributed by atoms with Crippen LogP contribution in [0.5, 0.6) is 0 Å². The molecule has 0 spiro atoms. The molecule has 0 radical (unpaired) electrons. The number of unbranched alkanes of at least 4 members (excludes halogenated alkanes) is 1. The highest BCUT2D eigenvalue weighted by Gasteiger charge is 2.53. The number of aromatic nitrogens is 1. The molecule has 2 heterocycles. The topological polar surface area (TPSA) is 101 Å². The number of ether oxygens (including phenoxy) is 1. The molecule has 2 fully saturated rings. The molecule has 3 rings (SSSR count). The van der Waals surface area contributed by atoms with Crippen molar-refractivity contribution in [3.8, 4) is 0 Å². The molecule has 1 aliphatic carbocycles. The molecule has 5 atom stereocenters. The maximum atomic E-state index is 13.5. The number of nitrogens with two attached hydrogens (primary N) is 1. The predicted octanol–water partition coefficient (Wildman–Crippen LogP) is 6.01. The molecule has 1 aromatic rings. The number of carbonyl (C=O) groups is 1. The summed E-state index contributed by atoms with van der Waals surface area (Å²) in [6, 6.07) is 1.70. The molecule has 0 bridgehead atoms. The van der Waals surface area contributed by atoms with Gasteiger partial charge in [0.1, 0.15) is 17.6 Å². The number of anilines is 1. The molecule has 1 aromatic heterocycles. The lowest BCUT2D eigenvalue weighted by atomic mass is 9.77. The first-order chi connectivity index (χ1) is 18.6. The standard InChI is InChI=1S/C32H50N4O3/c1-7-10-14-23(4)24-21-25(29(33)34-22-24)30(38)35-26-15-13-16-27(26)39-32(6,19-12-9-3)31(5,18-11-8-2)36-20-17-28(36)37/h11-12,14,18-19,21-22,26-28,37H,7-10,13,15-17,20H2,1-6H3,(H2,33,34)(H,35,38)/b18-11-,19-12?,23-14+/t26-,27?,28?,31-,32?/m0/s1. The maximum Gasteiger partial charge on any atom is 0.255 e. The average molecular weight is 539 g/mol. The summed E-state index contributed by atoms with van der Waals surface area (Å²) in [6.45, 7) is 13.5. The van der Waals surface area contributed by atoms with Gasteiger partial charge in [0.15, 0.2) is 0 Å². The highest BCUT2D eigenvalue weighted by Crippen LogP contribution is 2.42. The van der Waals surface area contributed by atoms with Gasteiger partial charge in [-0.15, -0.1) is 0 Å². The Bertz CT molecular complexity index is 1070. The number of nitrogens with one attached hydrogen (secondary N) is 1. The minimum absolute atomic E-state index is 0.146. The number of likely N-dealkylation sites (tertiary alicyclic amines) is 1. The lowest BCUT2D eigenvalue weighted by molar-refractivity contribution is -0.192. The van der Waals surface area contributed by atoms with E-state index < -0.39 is 17.4 Å². The average Bonchev–Trinajstić information content (AvgIpc) is 3.34. The number of aliphatic hydroxyl groups is 1. The van der Waals surface area contributed by atoms with Crippen LogP contribution >= 0.6 is 0 Å². The van der Waals surface area contributed by atoms with Crippen molar-refractivity contribution in [1.29, 1.82) is 0 Å². The summed E-state index contributed by atoms with van der Waals surface area (Å²) < 4.78 is 6.99. The van der Waals surface area contributed by atoms with Gasteiger partial charge in [-0.2, -0.15) is 0 Å². The van der Waals surface area contributed by atoms with E-state index in [1.165, 1.54) is 0 Å². The van der Waals surface area contributed by atoms with Crippen molar-refractivity contribution >= 4 is 17.3 Å². The normalized spacial score (nSPS) is 25.5. The second-order valence-electron chi connectivity index (χ2n) is 11.3. The molecule has 3 unspecified atom stereocenters. The van der Waals surface area contributed by atoms with Crippen LogP contribution in [0.1, 0.15) is 109 Å². The molecule has 1 saturated heterocycles. The first kappa shape index (κ1) is 31.1. The first-order valence-electron chi connectivity index (χ1n) is 14.8. The summed E-state index contributed by atoms with van der Waals surface area (Å²) in [5, 5.41) is 13.9. The lowest BCUT2D eigenvalue weighted by Gasteiger charge is -2.56. The zero-order chi connectivity index (χ0) is 28.6. The monoisotopic (exact) mass is 538 g/mol. The molecule has 7 heteroatoms. The third-order valence-corrected chi connectivity index (χ3v) is 8.46. The van der Waals surface area contributed by atoms with Crippen molar-refractivity contribution in [2.45, 2.75) is 122 Å². The van der Waals surface area contributed by atoms with Crippen LogP contribution in [0, 0.1) is 0 Å². The van der Waals surface area contributed by atoms with E-state index in [2.05, 4.69) is 80.2 Å². The van der Waals surface area contributed by atoms with E-state index in [-0.39, 0.29) is 23.9 Å². The molecule has 1 saturated carbocycles. The molecule has 7 nitrogen and oxygen atoms in total. The predicted molar refractivity (Wildman–Crippen MR) is 160 cm³/mol. The van der Waals surface area contributed by atoms with Gasteiger partial charge in [0, 0.05) is 12.7 Å². The van der Waals surface area contributed by atoms with Gasteiger partial charge in [0.25, 0.3) is 5.91 Å². The van der Waals surface area contributed by atoms with Gasteiger partial charge in [0.05, 0.1) is 23.2 Å². The number of aliphatic hydroxyl groups excluding tert-OH is 1. The van der Waals surface area contributed by atoms with Gasteiger partial charge < -0.3 is 20.9 Å². The Labute approximate surface area is 235 Å². The molecular formula is C32H50N4O3. The van der Waals surface area contributed by atoms with E-state index >= 15 is 0 Å². The number of rotatable bonds is 13. The van der Waals surface area contributed by atoms with Crippen LogP contribution in [0.3, 0.4) is 0 Å². The van der Waals surface area contributed by atoms with Crippen LogP contribution in [0.4, 0.5) is 5.82 Å². The first-order valence-corrected chi connectivity index (χ1v) is 14.8. The quantitative estimate of drug-likeness (QED) is 0.266. The van der Waals surface area contributed by atoms with Crippen molar-refractivity contribution in [2.24, 2.45) is 0 Å². The summed E-state index contributed by atoms with van der Waals surface area (Å²) >= 11 is 0. The Kier molecular flexibility index (Phi) is 10.9. The van der Waals surface area contributed by atoms with E-state index in [4.69, 9.17) is 10.5 Å². The van der Waals surface area contributed by atoms with Crippen molar-refractivity contribution in [3.63, 3.8) is 0 Å². The fourth-order valence-electron chi connectivity index (χ4n) is 5.62. The van der Waals surface area contributed by atoms with Gasteiger partial charge in [-0.1, -0.05) is 57.6 Å². The molecular weight excluding hydrogens is 488 g/mol. The minimum Gasteiger partial charge on any atom is -0.383 e. The molecule has 1 aliphatic heterocycles.